The maximum Gasteiger partial charge on any atom is 0.268 e. The van der Waals surface area contributed by atoms with Gasteiger partial charge in [0.05, 0.1) is 0 Å². The highest BCUT2D eigenvalue weighted by molar-refractivity contribution is 6.00. The van der Waals surface area contributed by atoms with Crippen LogP contribution >= 0.6 is 0 Å². The molecule has 0 fully saturated rings. The van der Waals surface area contributed by atoms with Crippen LogP contribution in [-0.4, -0.2) is 30.7 Å². The van der Waals surface area contributed by atoms with Gasteiger partial charge in [0, 0.05) is 38.6 Å². The molecule has 3 aromatic rings. The van der Waals surface area contributed by atoms with Gasteiger partial charge in [-0.3, -0.25) is 4.79 Å². The number of rotatable bonds is 8. The summed E-state index contributed by atoms with van der Waals surface area (Å²) in [7, 11) is 1.67. The summed E-state index contributed by atoms with van der Waals surface area (Å²) in [6, 6.07) is 16.8. The Morgan fingerprint density at radius 1 is 0.966 bits per heavy atom. The normalized spacial score (nSPS) is 10.9. The number of hydrogen-bond acceptors (Lipinski definition) is 2. The van der Waals surface area contributed by atoms with E-state index in [-0.39, 0.29) is 5.91 Å². The quantitative estimate of drug-likeness (QED) is 0.556. The van der Waals surface area contributed by atoms with Gasteiger partial charge in [0.25, 0.3) is 5.91 Å². The van der Waals surface area contributed by atoms with Crippen LogP contribution in [0.25, 0.3) is 11.1 Å². The number of ether oxygens (including phenoxy) is 1. The van der Waals surface area contributed by atoms with Crippen LogP contribution in [0, 0.1) is 20.8 Å². The van der Waals surface area contributed by atoms with Crippen LogP contribution in [0.3, 0.4) is 0 Å². The number of nitrogens with one attached hydrogen (secondary N) is 1. The van der Waals surface area contributed by atoms with Gasteiger partial charge in [-0.25, -0.2) is 0 Å². The fraction of sp³-hybridized carbons (Fsp3) is 0.320. The minimum absolute atomic E-state index is 0.0445. The van der Waals surface area contributed by atoms with Crippen molar-refractivity contribution in [3.63, 3.8) is 0 Å². The van der Waals surface area contributed by atoms with Crippen LogP contribution in [-0.2, 0) is 11.3 Å². The molecule has 0 spiro atoms. The zero-order valence-electron chi connectivity index (χ0n) is 17.8. The third kappa shape index (κ3) is 5.15. The molecule has 1 aromatic heterocycles. The Balaban J connectivity index is 1.98. The molecule has 4 nitrogen and oxygen atoms in total. The van der Waals surface area contributed by atoms with Crippen molar-refractivity contribution in [2.75, 3.05) is 20.3 Å². The van der Waals surface area contributed by atoms with Gasteiger partial charge in [-0.2, -0.15) is 0 Å². The smallest absolute Gasteiger partial charge is 0.268 e. The van der Waals surface area contributed by atoms with Crippen molar-refractivity contribution < 1.29 is 9.53 Å². The average Bonchev–Trinajstić information content (AvgIpc) is 3.03. The molecule has 29 heavy (non-hydrogen) atoms. The molecule has 0 aliphatic rings. The molecule has 0 atom stereocenters. The van der Waals surface area contributed by atoms with Crippen LogP contribution in [0.4, 0.5) is 0 Å². The minimum Gasteiger partial charge on any atom is -0.385 e. The Hall–Kier alpha value is -2.85. The zero-order chi connectivity index (χ0) is 20.8. The first-order valence-corrected chi connectivity index (χ1v) is 10.1. The highest BCUT2D eigenvalue weighted by Gasteiger charge is 2.21. The van der Waals surface area contributed by atoms with Crippen molar-refractivity contribution in [2.45, 2.75) is 33.7 Å². The van der Waals surface area contributed by atoms with Crippen LogP contribution in [0.2, 0.25) is 0 Å². The summed E-state index contributed by atoms with van der Waals surface area (Å²) in [5, 5.41) is 3.06. The van der Waals surface area contributed by atoms with E-state index in [2.05, 4.69) is 85.4 Å². The topological polar surface area (TPSA) is 43.3 Å². The first kappa shape index (κ1) is 20.9. The van der Waals surface area contributed by atoms with Gasteiger partial charge in [-0.15, -0.1) is 0 Å². The summed E-state index contributed by atoms with van der Waals surface area (Å²) in [6.07, 6.45) is 2.87. The standard InChI is InChI=1S/C25H30N2O2/c1-18-6-10-21(11-7-18)17-27-16-20(3)23(22-12-8-19(2)9-13-22)24(27)25(28)26-14-5-15-29-4/h6-13,16H,5,14-15,17H2,1-4H3,(H,26,28). The summed E-state index contributed by atoms with van der Waals surface area (Å²) in [4.78, 5) is 13.2. The molecule has 2 aromatic carbocycles. The lowest BCUT2D eigenvalue weighted by molar-refractivity contribution is 0.0940. The largest absolute Gasteiger partial charge is 0.385 e. The SMILES string of the molecule is COCCCNC(=O)c1c(-c2ccc(C)cc2)c(C)cn1Cc1ccc(C)cc1. The molecular formula is C25H30N2O2. The predicted molar refractivity (Wildman–Crippen MR) is 118 cm³/mol. The Morgan fingerprint density at radius 2 is 1.59 bits per heavy atom. The lowest BCUT2D eigenvalue weighted by Gasteiger charge is -2.13. The van der Waals surface area contributed by atoms with Crippen molar-refractivity contribution in [1.29, 1.82) is 0 Å². The third-order valence-corrected chi connectivity index (χ3v) is 5.11. The Bertz CT molecular complexity index is 954. The number of hydrogen-bond donors (Lipinski definition) is 1. The minimum atomic E-state index is -0.0445. The molecule has 4 heteroatoms. The van der Waals surface area contributed by atoms with E-state index in [1.54, 1.807) is 7.11 Å². The fourth-order valence-electron chi connectivity index (χ4n) is 3.54. The molecule has 0 unspecified atom stereocenters. The Kier molecular flexibility index (Phi) is 6.89. The van der Waals surface area contributed by atoms with Gasteiger partial charge in [-0.1, -0.05) is 59.7 Å². The molecule has 1 amide bonds. The summed E-state index contributed by atoms with van der Waals surface area (Å²) in [5.41, 5.74) is 7.49. The van der Waals surface area contributed by atoms with Crippen molar-refractivity contribution in [3.05, 3.63) is 82.7 Å². The number of carbonyl (C=O) groups excluding carboxylic acids is 1. The molecule has 0 radical (unpaired) electrons. The van der Waals surface area contributed by atoms with E-state index in [4.69, 9.17) is 4.74 Å². The zero-order valence-corrected chi connectivity index (χ0v) is 17.8. The number of nitrogens with zero attached hydrogens (tertiary/aromatic N) is 1. The van der Waals surface area contributed by atoms with Gasteiger partial charge in [0.1, 0.15) is 5.69 Å². The molecule has 0 aliphatic carbocycles. The summed E-state index contributed by atoms with van der Waals surface area (Å²) in [6.45, 7) is 8.11. The van der Waals surface area contributed by atoms with Crippen LogP contribution in [0.15, 0.2) is 54.7 Å². The first-order valence-electron chi connectivity index (χ1n) is 10.1. The summed E-state index contributed by atoms with van der Waals surface area (Å²) in [5.74, 6) is -0.0445. The second-order valence-electron chi connectivity index (χ2n) is 7.62. The van der Waals surface area contributed by atoms with Crippen molar-refractivity contribution in [2.24, 2.45) is 0 Å². The predicted octanol–water partition coefficient (Wildman–Crippen LogP) is 4.89. The van der Waals surface area contributed by atoms with E-state index in [9.17, 15) is 4.79 Å². The molecule has 1 heterocycles. The maximum atomic E-state index is 13.2. The molecule has 3 rings (SSSR count). The number of methoxy groups -OCH3 is 1. The molecular weight excluding hydrogens is 360 g/mol. The van der Waals surface area contributed by atoms with Gasteiger partial charge >= 0.3 is 0 Å². The number of aromatic nitrogens is 1. The molecule has 0 bridgehead atoms. The second-order valence-corrected chi connectivity index (χ2v) is 7.62. The number of carbonyl (C=O) groups is 1. The lowest BCUT2D eigenvalue weighted by Crippen LogP contribution is -2.28. The highest BCUT2D eigenvalue weighted by atomic mass is 16.5. The van der Waals surface area contributed by atoms with Crippen LogP contribution < -0.4 is 5.32 Å². The van der Waals surface area contributed by atoms with Gasteiger partial charge in [0.15, 0.2) is 0 Å². The van der Waals surface area contributed by atoms with Crippen LogP contribution in [0.5, 0.6) is 0 Å². The average molecular weight is 391 g/mol. The number of benzene rings is 2. The summed E-state index contributed by atoms with van der Waals surface area (Å²) >= 11 is 0. The Labute approximate surface area is 173 Å². The third-order valence-electron chi connectivity index (χ3n) is 5.11. The fourth-order valence-corrected chi connectivity index (χ4v) is 3.54. The first-order chi connectivity index (χ1) is 14.0. The van der Waals surface area contributed by atoms with Gasteiger partial charge < -0.3 is 14.6 Å². The van der Waals surface area contributed by atoms with Crippen molar-refractivity contribution >= 4 is 5.91 Å². The molecule has 152 valence electrons. The monoisotopic (exact) mass is 390 g/mol. The van der Waals surface area contributed by atoms with E-state index in [1.165, 1.54) is 16.7 Å². The van der Waals surface area contributed by atoms with E-state index in [0.29, 0.717) is 25.4 Å². The summed E-state index contributed by atoms with van der Waals surface area (Å²) < 4.78 is 7.16. The van der Waals surface area contributed by atoms with Crippen molar-refractivity contribution in [3.8, 4) is 11.1 Å². The molecule has 0 saturated carbocycles. The number of aryl methyl sites for hydroxylation is 3. The highest BCUT2D eigenvalue weighted by Crippen LogP contribution is 2.30. The molecule has 1 N–H and O–H groups in total. The molecule has 0 aliphatic heterocycles. The molecule has 0 saturated heterocycles. The van der Waals surface area contributed by atoms with Crippen molar-refractivity contribution in [1.82, 2.24) is 9.88 Å². The Morgan fingerprint density at radius 3 is 2.21 bits per heavy atom. The van der Waals surface area contributed by atoms with Gasteiger partial charge in [0.2, 0.25) is 0 Å². The maximum absolute atomic E-state index is 13.2. The lowest BCUT2D eigenvalue weighted by atomic mass is 10.0. The van der Waals surface area contributed by atoms with E-state index in [0.717, 1.165) is 23.1 Å². The van der Waals surface area contributed by atoms with E-state index in [1.807, 2.05) is 0 Å². The number of amides is 1. The second kappa shape index (κ2) is 9.57. The van der Waals surface area contributed by atoms with E-state index < -0.39 is 0 Å². The van der Waals surface area contributed by atoms with Crippen LogP contribution in [0.1, 0.15) is 39.2 Å². The van der Waals surface area contributed by atoms with Gasteiger partial charge in [-0.05, 0) is 43.9 Å². The van der Waals surface area contributed by atoms with E-state index >= 15 is 0 Å².